The van der Waals surface area contributed by atoms with Gasteiger partial charge < -0.3 is 19.3 Å². The van der Waals surface area contributed by atoms with E-state index in [1.165, 1.54) is 19.2 Å². The maximum absolute atomic E-state index is 10.2. The molecule has 0 saturated heterocycles. The van der Waals surface area contributed by atoms with Gasteiger partial charge in [0.05, 0.1) is 32.5 Å². The van der Waals surface area contributed by atoms with Crippen molar-refractivity contribution < 1.29 is 19.3 Å². The molecule has 0 fully saturated rings. The number of phenols is 1. The second kappa shape index (κ2) is 8.82. The Bertz CT molecular complexity index is 1460. The highest BCUT2D eigenvalue weighted by molar-refractivity contribution is 6.11. The molecule has 0 saturated carbocycles. The third-order valence-corrected chi connectivity index (χ3v) is 5.57. The zero-order valence-electron chi connectivity index (χ0n) is 18.3. The summed E-state index contributed by atoms with van der Waals surface area (Å²) in [7, 11) is 4.61. The molecule has 4 rings (SSSR count). The van der Waals surface area contributed by atoms with Gasteiger partial charge in [-0.15, -0.1) is 0 Å². The molecule has 4 aromatic rings. The Morgan fingerprint density at radius 3 is 1.67 bits per heavy atom. The summed E-state index contributed by atoms with van der Waals surface area (Å²) in [6.07, 6.45) is 0. The van der Waals surface area contributed by atoms with Gasteiger partial charge in [-0.1, -0.05) is 24.3 Å². The Morgan fingerprint density at radius 1 is 0.667 bits per heavy atom. The van der Waals surface area contributed by atoms with Crippen molar-refractivity contribution in [3.63, 3.8) is 0 Å². The van der Waals surface area contributed by atoms with Crippen molar-refractivity contribution in [2.75, 3.05) is 21.3 Å². The molecule has 162 valence electrons. The van der Waals surface area contributed by atoms with Crippen LogP contribution >= 0.6 is 0 Å². The first-order valence-corrected chi connectivity index (χ1v) is 10.1. The summed E-state index contributed by atoms with van der Waals surface area (Å²) in [6.45, 7) is 0. The first kappa shape index (κ1) is 21.5. The average Bonchev–Trinajstić information content (AvgIpc) is 2.86. The molecule has 33 heavy (non-hydrogen) atoms. The van der Waals surface area contributed by atoms with E-state index in [4.69, 9.17) is 14.2 Å². The topological polar surface area (TPSA) is 95.5 Å². The lowest BCUT2D eigenvalue weighted by molar-refractivity contribution is 0.395. The number of methoxy groups -OCH3 is 3. The Hall–Kier alpha value is -4.68. The van der Waals surface area contributed by atoms with Crippen LogP contribution < -0.4 is 14.2 Å². The van der Waals surface area contributed by atoms with Crippen molar-refractivity contribution >= 4 is 10.8 Å². The molecule has 0 aromatic heterocycles. The molecule has 0 radical (unpaired) electrons. The molecular formula is C27H20N2O4. The van der Waals surface area contributed by atoms with Crippen molar-refractivity contribution in [3.05, 3.63) is 71.8 Å². The maximum Gasteiger partial charge on any atom is 0.130 e. The molecule has 0 spiro atoms. The van der Waals surface area contributed by atoms with Gasteiger partial charge in [-0.2, -0.15) is 10.5 Å². The monoisotopic (exact) mass is 436 g/mol. The van der Waals surface area contributed by atoms with E-state index in [1.807, 2.05) is 30.3 Å². The number of phenolic OH excluding ortho intramolecular Hbond substituents is 1. The fourth-order valence-corrected chi connectivity index (χ4v) is 4.11. The number of benzene rings is 4. The van der Waals surface area contributed by atoms with Gasteiger partial charge in [0.2, 0.25) is 0 Å². The number of hydrogen-bond acceptors (Lipinski definition) is 6. The molecule has 0 bridgehead atoms. The number of aromatic hydroxyl groups is 1. The molecule has 0 atom stereocenters. The predicted molar refractivity (Wildman–Crippen MR) is 126 cm³/mol. The summed E-state index contributed by atoms with van der Waals surface area (Å²) in [4.78, 5) is 0. The van der Waals surface area contributed by atoms with E-state index in [-0.39, 0.29) is 16.9 Å². The van der Waals surface area contributed by atoms with Crippen molar-refractivity contribution in [1.29, 1.82) is 10.5 Å². The zero-order valence-corrected chi connectivity index (χ0v) is 18.3. The van der Waals surface area contributed by atoms with Crippen LogP contribution in [0.5, 0.6) is 23.0 Å². The normalized spacial score (nSPS) is 10.3. The first-order chi connectivity index (χ1) is 16.1. The third kappa shape index (κ3) is 3.54. The van der Waals surface area contributed by atoms with Crippen LogP contribution in [0, 0.1) is 22.7 Å². The summed E-state index contributed by atoms with van der Waals surface area (Å²) in [6, 6.07) is 22.1. The van der Waals surface area contributed by atoms with E-state index in [0.29, 0.717) is 39.5 Å². The molecule has 0 aliphatic rings. The number of hydrogen-bond donors (Lipinski definition) is 1. The van der Waals surface area contributed by atoms with E-state index in [1.54, 1.807) is 32.4 Å². The summed E-state index contributed by atoms with van der Waals surface area (Å²) in [5.41, 5.74) is 2.89. The van der Waals surface area contributed by atoms with E-state index >= 15 is 0 Å². The SMILES string of the molecule is COc1ccc(-c2c(C#N)c(C#N)c(-c3ccc(O)cc3OC)c3ccccc23)c(OC)c1. The van der Waals surface area contributed by atoms with Crippen molar-refractivity contribution in [1.82, 2.24) is 0 Å². The third-order valence-electron chi connectivity index (χ3n) is 5.57. The van der Waals surface area contributed by atoms with Gasteiger partial charge in [0.15, 0.2) is 0 Å². The van der Waals surface area contributed by atoms with Crippen LogP contribution in [0.4, 0.5) is 0 Å². The minimum Gasteiger partial charge on any atom is -0.508 e. The number of ether oxygens (including phenoxy) is 3. The molecule has 4 aromatic carbocycles. The summed E-state index contributed by atoms with van der Waals surface area (Å²) in [5, 5.41) is 31.9. The lowest BCUT2D eigenvalue weighted by atomic mass is 9.84. The van der Waals surface area contributed by atoms with E-state index in [9.17, 15) is 15.6 Å². The standard InChI is InChI=1S/C27H20N2O4/c1-31-17-9-11-21(25(13-17)33-3)27-19-7-5-4-6-18(19)26(22(14-28)23(27)15-29)20-10-8-16(30)12-24(20)32-2/h4-13,30H,1-3H3. The van der Waals surface area contributed by atoms with E-state index in [0.717, 1.165) is 10.8 Å². The molecule has 6 heteroatoms. The van der Waals surface area contributed by atoms with Gasteiger partial charge in [-0.3, -0.25) is 0 Å². The molecular weight excluding hydrogens is 416 g/mol. The fourth-order valence-electron chi connectivity index (χ4n) is 4.11. The highest BCUT2D eigenvalue weighted by atomic mass is 16.5. The number of rotatable bonds is 5. The highest BCUT2D eigenvalue weighted by Gasteiger charge is 2.25. The number of fused-ring (bicyclic) bond motifs is 1. The molecule has 0 heterocycles. The van der Waals surface area contributed by atoms with Gasteiger partial charge in [0, 0.05) is 34.4 Å². The van der Waals surface area contributed by atoms with Crippen LogP contribution in [0.1, 0.15) is 11.1 Å². The summed E-state index contributed by atoms with van der Waals surface area (Å²) >= 11 is 0. The van der Waals surface area contributed by atoms with Crippen LogP contribution in [0.15, 0.2) is 60.7 Å². The van der Waals surface area contributed by atoms with Crippen molar-refractivity contribution in [3.8, 4) is 57.4 Å². The second-order valence-corrected chi connectivity index (χ2v) is 7.22. The van der Waals surface area contributed by atoms with E-state index < -0.39 is 0 Å². The summed E-state index contributed by atoms with van der Waals surface area (Å²) < 4.78 is 16.4. The fraction of sp³-hybridized carbons (Fsp3) is 0.111. The number of nitriles is 2. The van der Waals surface area contributed by atoms with Crippen LogP contribution in [0.3, 0.4) is 0 Å². The molecule has 0 unspecified atom stereocenters. The molecule has 0 aliphatic carbocycles. The van der Waals surface area contributed by atoms with Gasteiger partial charge in [0.1, 0.15) is 35.1 Å². The maximum atomic E-state index is 10.2. The molecule has 6 nitrogen and oxygen atoms in total. The molecule has 1 N–H and O–H groups in total. The highest BCUT2D eigenvalue weighted by Crippen LogP contribution is 2.46. The average molecular weight is 436 g/mol. The minimum absolute atomic E-state index is 0.0403. The van der Waals surface area contributed by atoms with Gasteiger partial charge in [-0.25, -0.2) is 0 Å². The Morgan fingerprint density at radius 2 is 1.18 bits per heavy atom. The summed E-state index contributed by atoms with van der Waals surface area (Å²) in [5.74, 6) is 1.58. The number of nitrogens with zero attached hydrogens (tertiary/aromatic N) is 2. The Labute approximate surface area is 191 Å². The lowest BCUT2D eigenvalue weighted by Crippen LogP contribution is -2.00. The van der Waals surface area contributed by atoms with Crippen molar-refractivity contribution in [2.45, 2.75) is 0 Å². The van der Waals surface area contributed by atoms with Crippen LogP contribution in [-0.4, -0.2) is 26.4 Å². The van der Waals surface area contributed by atoms with E-state index in [2.05, 4.69) is 12.1 Å². The Balaban J connectivity index is 2.20. The van der Waals surface area contributed by atoms with Gasteiger partial charge in [-0.05, 0) is 35.0 Å². The van der Waals surface area contributed by atoms with Crippen molar-refractivity contribution in [2.24, 2.45) is 0 Å². The second-order valence-electron chi connectivity index (χ2n) is 7.22. The van der Waals surface area contributed by atoms with Crippen LogP contribution in [0.25, 0.3) is 33.0 Å². The quantitative estimate of drug-likeness (QED) is 0.434. The largest absolute Gasteiger partial charge is 0.508 e. The Kier molecular flexibility index (Phi) is 5.76. The molecule has 0 aliphatic heterocycles. The zero-order chi connectivity index (χ0) is 23.5. The molecule has 0 amide bonds. The van der Waals surface area contributed by atoms with Gasteiger partial charge in [0.25, 0.3) is 0 Å². The van der Waals surface area contributed by atoms with Crippen LogP contribution in [0.2, 0.25) is 0 Å². The van der Waals surface area contributed by atoms with Crippen LogP contribution in [-0.2, 0) is 0 Å². The lowest BCUT2D eigenvalue weighted by Gasteiger charge is -2.19. The predicted octanol–water partition coefficient (Wildman–Crippen LogP) is 5.65. The first-order valence-electron chi connectivity index (χ1n) is 10.1. The minimum atomic E-state index is 0.0403. The van der Waals surface area contributed by atoms with Gasteiger partial charge >= 0.3 is 0 Å². The smallest absolute Gasteiger partial charge is 0.130 e.